The lowest BCUT2D eigenvalue weighted by Crippen LogP contribution is -2.22. The third-order valence-electron chi connectivity index (χ3n) is 6.02. The third kappa shape index (κ3) is 6.96. The van der Waals surface area contributed by atoms with Crippen LogP contribution < -0.4 is 16.0 Å². The summed E-state index contributed by atoms with van der Waals surface area (Å²) in [5.74, 6) is 0.849. The van der Waals surface area contributed by atoms with Gasteiger partial charge in [0.15, 0.2) is 0 Å². The van der Waals surface area contributed by atoms with Crippen molar-refractivity contribution < 1.29 is 4.79 Å². The number of carbonyl (C=O) groups excluding carboxylic acids is 1. The normalized spacial score (nSPS) is 12.7. The molecule has 2 unspecified atom stereocenters. The fraction of sp³-hybridized carbons (Fsp3) is 0.321. The van der Waals surface area contributed by atoms with E-state index in [9.17, 15) is 4.79 Å². The molecular formula is C28H35N3O. The molecule has 3 N–H and O–H groups in total. The maximum Gasteiger partial charge on any atom is 0.211 e. The zero-order valence-electron chi connectivity index (χ0n) is 19.4. The van der Waals surface area contributed by atoms with Gasteiger partial charge in [-0.1, -0.05) is 68.4 Å². The van der Waals surface area contributed by atoms with Gasteiger partial charge in [0.1, 0.15) is 0 Å². The molecule has 2 atom stereocenters. The molecule has 0 heterocycles. The summed E-state index contributed by atoms with van der Waals surface area (Å²) >= 11 is 0. The predicted molar refractivity (Wildman–Crippen MR) is 136 cm³/mol. The van der Waals surface area contributed by atoms with Crippen LogP contribution in [0.2, 0.25) is 0 Å². The molecular weight excluding hydrogens is 394 g/mol. The second-order valence-electron chi connectivity index (χ2n) is 8.58. The first-order valence-electron chi connectivity index (χ1n) is 11.5. The fourth-order valence-electron chi connectivity index (χ4n) is 3.79. The van der Waals surface area contributed by atoms with Crippen LogP contribution in [0.25, 0.3) is 0 Å². The highest BCUT2D eigenvalue weighted by Gasteiger charge is 2.08. The molecule has 0 fully saturated rings. The molecule has 0 aliphatic rings. The average Bonchev–Trinajstić information content (AvgIpc) is 2.83. The van der Waals surface area contributed by atoms with Gasteiger partial charge in [-0.15, -0.1) is 0 Å². The van der Waals surface area contributed by atoms with E-state index in [1.54, 1.807) is 0 Å². The highest BCUT2D eigenvalue weighted by Crippen LogP contribution is 2.22. The van der Waals surface area contributed by atoms with Crippen molar-refractivity contribution in [2.75, 3.05) is 30.3 Å². The standard InChI is InChI=1S/C28H35N3O/c1-21-9-12-26(17-28(21)31-20-32)22(2)18-29-16-15-24-10-13-27(14-11-24)30-19-23(3)25-7-5-4-6-8-25/h4-14,17,20,22-23,29-30H,15-16,18-19H2,1-3H3,(H,31,32). The molecule has 0 radical (unpaired) electrons. The van der Waals surface area contributed by atoms with Crippen molar-refractivity contribution in [3.8, 4) is 0 Å². The quantitative estimate of drug-likeness (QED) is 0.255. The lowest BCUT2D eigenvalue weighted by atomic mass is 9.98. The van der Waals surface area contributed by atoms with Crippen LogP contribution in [-0.2, 0) is 11.2 Å². The number of aryl methyl sites for hydroxylation is 1. The first kappa shape index (κ1) is 23.6. The van der Waals surface area contributed by atoms with Crippen LogP contribution in [0.3, 0.4) is 0 Å². The van der Waals surface area contributed by atoms with E-state index >= 15 is 0 Å². The van der Waals surface area contributed by atoms with E-state index in [0.717, 1.165) is 49.4 Å². The Kier molecular flexibility index (Phi) is 8.88. The van der Waals surface area contributed by atoms with Crippen LogP contribution in [0.4, 0.5) is 11.4 Å². The Balaban J connectivity index is 1.40. The average molecular weight is 430 g/mol. The third-order valence-corrected chi connectivity index (χ3v) is 6.02. The topological polar surface area (TPSA) is 53.2 Å². The van der Waals surface area contributed by atoms with Crippen molar-refractivity contribution in [1.82, 2.24) is 5.32 Å². The molecule has 3 rings (SSSR count). The summed E-state index contributed by atoms with van der Waals surface area (Å²) in [6.45, 7) is 9.22. The first-order valence-corrected chi connectivity index (χ1v) is 11.5. The van der Waals surface area contributed by atoms with Gasteiger partial charge >= 0.3 is 0 Å². The molecule has 0 aliphatic heterocycles. The van der Waals surface area contributed by atoms with Crippen LogP contribution in [0, 0.1) is 6.92 Å². The molecule has 32 heavy (non-hydrogen) atoms. The van der Waals surface area contributed by atoms with Crippen molar-refractivity contribution >= 4 is 17.8 Å². The largest absolute Gasteiger partial charge is 0.384 e. The number of rotatable bonds is 12. The highest BCUT2D eigenvalue weighted by atomic mass is 16.1. The maximum atomic E-state index is 10.8. The molecule has 4 nitrogen and oxygen atoms in total. The van der Waals surface area contributed by atoms with Crippen LogP contribution in [0.15, 0.2) is 72.8 Å². The van der Waals surface area contributed by atoms with Crippen LogP contribution in [0.1, 0.15) is 47.9 Å². The Morgan fingerprint density at radius 1 is 0.844 bits per heavy atom. The van der Waals surface area contributed by atoms with Gasteiger partial charge in [0, 0.05) is 24.5 Å². The van der Waals surface area contributed by atoms with Crippen LogP contribution >= 0.6 is 0 Å². The summed E-state index contributed by atoms with van der Waals surface area (Å²) in [5.41, 5.74) is 7.05. The van der Waals surface area contributed by atoms with Gasteiger partial charge in [-0.05, 0) is 72.2 Å². The lowest BCUT2D eigenvalue weighted by molar-refractivity contribution is -0.105. The number of anilines is 2. The SMILES string of the molecule is Cc1ccc(C(C)CNCCc2ccc(NCC(C)c3ccccc3)cc2)cc1NC=O. The van der Waals surface area contributed by atoms with E-state index in [1.807, 2.05) is 6.92 Å². The van der Waals surface area contributed by atoms with Crippen molar-refractivity contribution in [1.29, 1.82) is 0 Å². The molecule has 0 aromatic heterocycles. The van der Waals surface area contributed by atoms with E-state index in [0.29, 0.717) is 11.8 Å². The molecule has 0 bridgehead atoms. The second kappa shape index (κ2) is 12.1. The molecule has 0 saturated carbocycles. The Labute approximate surface area is 192 Å². The number of amides is 1. The molecule has 0 aliphatic carbocycles. The van der Waals surface area contributed by atoms with Crippen molar-refractivity contribution in [3.63, 3.8) is 0 Å². The van der Waals surface area contributed by atoms with Crippen LogP contribution in [-0.4, -0.2) is 26.0 Å². The summed E-state index contributed by atoms with van der Waals surface area (Å²) in [7, 11) is 0. The number of benzene rings is 3. The molecule has 1 amide bonds. The number of carbonyl (C=O) groups is 1. The highest BCUT2D eigenvalue weighted by molar-refractivity contribution is 5.73. The Morgan fingerprint density at radius 2 is 1.56 bits per heavy atom. The zero-order valence-corrected chi connectivity index (χ0v) is 19.4. The van der Waals surface area contributed by atoms with E-state index in [4.69, 9.17) is 0 Å². The van der Waals surface area contributed by atoms with Gasteiger partial charge in [0.2, 0.25) is 6.41 Å². The van der Waals surface area contributed by atoms with Gasteiger partial charge in [-0.2, -0.15) is 0 Å². The molecule has 0 spiro atoms. The summed E-state index contributed by atoms with van der Waals surface area (Å²) < 4.78 is 0. The van der Waals surface area contributed by atoms with Gasteiger partial charge < -0.3 is 16.0 Å². The van der Waals surface area contributed by atoms with Crippen LogP contribution in [0.5, 0.6) is 0 Å². The van der Waals surface area contributed by atoms with Gasteiger partial charge in [0.05, 0.1) is 0 Å². The smallest absolute Gasteiger partial charge is 0.211 e. The first-order chi connectivity index (χ1) is 15.6. The van der Waals surface area contributed by atoms with Crippen molar-refractivity contribution in [2.45, 2.75) is 39.0 Å². The van der Waals surface area contributed by atoms with E-state index in [2.05, 4.69) is 103 Å². The second-order valence-corrected chi connectivity index (χ2v) is 8.58. The Morgan fingerprint density at radius 3 is 2.28 bits per heavy atom. The monoisotopic (exact) mass is 429 g/mol. The minimum absolute atomic E-state index is 0.376. The van der Waals surface area contributed by atoms with E-state index in [1.165, 1.54) is 16.7 Å². The van der Waals surface area contributed by atoms with Crippen molar-refractivity contribution in [3.05, 3.63) is 95.1 Å². The summed E-state index contributed by atoms with van der Waals surface area (Å²) in [6.07, 6.45) is 1.74. The number of hydrogen-bond acceptors (Lipinski definition) is 3. The molecule has 168 valence electrons. The van der Waals surface area contributed by atoms with Gasteiger partial charge in [0.25, 0.3) is 0 Å². The van der Waals surface area contributed by atoms with Gasteiger partial charge in [-0.3, -0.25) is 4.79 Å². The van der Waals surface area contributed by atoms with Gasteiger partial charge in [-0.25, -0.2) is 0 Å². The van der Waals surface area contributed by atoms with Crippen molar-refractivity contribution in [2.24, 2.45) is 0 Å². The van der Waals surface area contributed by atoms with E-state index < -0.39 is 0 Å². The fourth-order valence-corrected chi connectivity index (χ4v) is 3.79. The summed E-state index contributed by atoms with van der Waals surface area (Å²) in [4.78, 5) is 10.8. The Hall–Kier alpha value is -3.11. The lowest BCUT2D eigenvalue weighted by Gasteiger charge is -2.16. The molecule has 3 aromatic rings. The number of hydrogen-bond donors (Lipinski definition) is 3. The number of nitrogens with one attached hydrogen (secondary N) is 3. The Bertz CT molecular complexity index is 970. The minimum atomic E-state index is 0.376. The van der Waals surface area contributed by atoms with E-state index in [-0.39, 0.29) is 0 Å². The molecule has 4 heteroatoms. The minimum Gasteiger partial charge on any atom is -0.384 e. The summed E-state index contributed by atoms with van der Waals surface area (Å²) in [5, 5.41) is 9.89. The maximum absolute atomic E-state index is 10.8. The zero-order chi connectivity index (χ0) is 22.8. The summed E-state index contributed by atoms with van der Waals surface area (Å²) in [6, 6.07) is 25.6. The predicted octanol–water partition coefficient (Wildman–Crippen LogP) is 5.71. The molecule has 3 aromatic carbocycles. The molecule has 0 saturated heterocycles.